The van der Waals surface area contributed by atoms with E-state index in [1.54, 1.807) is 17.4 Å². The normalized spacial score (nSPS) is 16.0. The van der Waals surface area contributed by atoms with Gasteiger partial charge in [-0.05, 0) is 48.9 Å². The van der Waals surface area contributed by atoms with Gasteiger partial charge in [-0.15, -0.1) is 0 Å². The molecule has 5 rings (SSSR count). The van der Waals surface area contributed by atoms with Crippen molar-refractivity contribution in [2.75, 3.05) is 25.0 Å². The fraction of sp³-hybridized carbons (Fsp3) is 0.280. The van der Waals surface area contributed by atoms with Gasteiger partial charge < -0.3 is 19.5 Å². The summed E-state index contributed by atoms with van der Waals surface area (Å²) in [6.07, 6.45) is 4.68. The summed E-state index contributed by atoms with van der Waals surface area (Å²) in [6, 6.07) is 15.0. The van der Waals surface area contributed by atoms with Gasteiger partial charge in [-0.2, -0.15) is 5.10 Å². The van der Waals surface area contributed by atoms with Crippen molar-refractivity contribution in [3.05, 3.63) is 78.4 Å². The average Bonchev–Trinajstić information content (AvgIpc) is 3.53. The molecule has 1 aliphatic rings. The van der Waals surface area contributed by atoms with E-state index >= 15 is 0 Å². The van der Waals surface area contributed by atoms with E-state index in [0.29, 0.717) is 30.9 Å². The smallest absolute Gasteiger partial charge is 0.255 e. The summed E-state index contributed by atoms with van der Waals surface area (Å²) in [5.74, 6) is -0.389. The molecule has 2 aromatic heterocycles. The van der Waals surface area contributed by atoms with Crippen LogP contribution in [0, 0.1) is 0 Å². The maximum absolute atomic E-state index is 13.0. The first-order valence-corrected chi connectivity index (χ1v) is 11.3. The van der Waals surface area contributed by atoms with Crippen molar-refractivity contribution < 1.29 is 14.3 Å². The highest BCUT2D eigenvalue weighted by Crippen LogP contribution is 2.19. The Morgan fingerprint density at radius 1 is 1.18 bits per heavy atom. The van der Waals surface area contributed by atoms with Crippen LogP contribution in [0.5, 0.6) is 0 Å². The molecule has 0 spiro atoms. The Labute approximate surface area is 196 Å². The van der Waals surface area contributed by atoms with Crippen LogP contribution in [-0.2, 0) is 22.6 Å². The monoisotopic (exact) mass is 458 g/mol. The molecule has 9 heteroatoms. The van der Waals surface area contributed by atoms with Gasteiger partial charge in [-0.1, -0.05) is 12.1 Å². The Bertz CT molecular complexity index is 1300. The van der Waals surface area contributed by atoms with Crippen molar-refractivity contribution in [2.24, 2.45) is 0 Å². The zero-order chi connectivity index (χ0) is 23.5. The largest absolute Gasteiger partial charge is 0.365 e. The maximum atomic E-state index is 13.0. The van der Waals surface area contributed by atoms with E-state index in [-0.39, 0.29) is 18.4 Å². The van der Waals surface area contributed by atoms with Crippen molar-refractivity contribution in [2.45, 2.75) is 26.1 Å². The van der Waals surface area contributed by atoms with Crippen LogP contribution in [0.2, 0.25) is 0 Å². The predicted molar refractivity (Wildman–Crippen MR) is 127 cm³/mol. The van der Waals surface area contributed by atoms with Crippen LogP contribution in [0.1, 0.15) is 22.8 Å². The second-order valence-electron chi connectivity index (χ2n) is 8.23. The fourth-order valence-electron chi connectivity index (χ4n) is 4.13. The zero-order valence-electron chi connectivity index (χ0n) is 18.9. The molecule has 1 saturated heterocycles. The number of ether oxygens (including phenoxy) is 1. The minimum Gasteiger partial charge on any atom is -0.365 e. The van der Waals surface area contributed by atoms with Gasteiger partial charge >= 0.3 is 0 Å². The molecule has 1 atom stereocenters. The third-order valence-corrected chi connectivity index (χ3v) is 5.98. The van der Waals surface area contributed by atoms with Crippen molar-refractivity contribution in [1.29, 1.82) is 0 Å². The number of morpholine rings is 1. The van der Waals surface area contributed by atoms with Crippen LogP contribution in [0.25, 0.3) is 11.0 Å². The highest BCUT2D eigenvalue weighted by atomic mass is 16.5. The van der Waals surface area contributed by atoms with Crippen LogP contribution in [0.15, 0.2) is 67.3 Å². The number of aromatic nitrogens is 4. The highest BCUT2D eigenvalue weighted by Gasteiger charge is 2.30. The minimum atomic E-state index is -0.735. The summed E-state index contributed by atoms with van der Waals surface area (Å²) in [5.41, 5.74) is 4.12. The van der Waals surface area contributed by atoms with Gasteiger partial charge in [0.2, 0.25) is 0 Å². The molecular weight excluding hydrogens is 432 g/mol. The number of imidazole rings is 1. The number of benzene rings is 2. The minimum absolute atomic E-state index is 0.113. The molecule has 3 heterocycles. The number of anilines is 1. The maximum Gasteiger partial charge on any atom is 0.255 e. The quantitative estimate of drug-likeness (QED) is 0.480. The molecule has 34 heavy (non-hydrogen) atoms. The van der Waals surface area contributed by atoms with Gasteiger partial charge in [0.1, 0.15) is 0 Å². The van der Waals surface area contributed by atoms with Crippen molar-refractivity contribution in [3.8, 4) is 0 Å². The van der Waals surface area contributed by atoms with Crippen LogP contribution in [0.4, 0.5) is 5.69 Å². The van der Waals surface area contributed by atoms with E-state index in [1.165, 1.54) is 0 Å². The third kappa shape index (κ3) is 4.55. The number of carbonyl (C=O) groups excluding carboxylic acids is 2. The third-order valence-electron chi connectivity index (χ3n) is 5.98. The lowest BCUT2D eigenvalue weighted by Crippen LogP contribution is -2.50. The number of hydrogen-bond acceptors (Lipinski definition) is 5. The fourth-order valence-corrected chi connectivity index (χ4v) is 4.13. The molecule has 2 aromatic carbocycles. The number of amides is 2. The number of hydrogen-bond donors (Lipinski definition) is 1. The van der Waals surface area contributed by atoms with Gasteiger partial charge in [0.05, 0.1) is 37.1 Å². The first-order valence-electron chi connectivity index (χ1n) is 11.3. The van der Waals surface area contributed by atoms with E-state index < -0.39 is 6.10 Å². The molecule has 1 fully saturated rings. The average molecular weight is 459 g/mol. The van der Waals surface area contributed by atoms with Crippen LogP contribution in [-0.4, -0.2) is 61.8 Å². The van der Waals surface area contributed by atoms with E-state index in [0.717, 1.165) is 23.1 Å². The van der Waals surface area contributed by atoms with Gasteiger partial charge in [-0.3, -0.25) is 14.3 Å². The van der Waals surface area contributed by atoms with Gasteiger partial charge in [0, 0.05) is 36.7 Å². The van der Waals surface area contributed by atoms with Gasteiger partial charge in [0.15, 0.2) is 6.10 Å². The molecule has 1 aliphatic heterocycles. The Balaban J connectivity index is 1.21. The zero-order valence-corrected chi connectivity index (χ0v) is 18.9. The Kier molecular flexibility index (Phi) is 6.09. The Morgan fingerprint density at radius 3 is 2.79 bits per heavy atom. The lowest BCUT2D eigenvalue weighted by molar-refractivity contribution is -0.131. The number of aryl methyl sites for hydroxylation is 1. The topological polar surface area (TPSA) is 94.3 Å². The number of nitrogens with one attached hydrogen (secondary N) is 1. The summed E-state index contributed by atoms with van der Waals surface area (Å²) in [6.45, 7) is 4.48. The summed E-state index contributed by atoms with van der Waals surface area (Å²) < 4.78 is 9.55. The second-order valence-corrected chi connectivity index (χ2v) is 8.23. The predicted octanol–water partition coefficient (Wildman–Crippen LogP) is 2.78. The number of carbonyl (C=O) groups is 2. The summed E-state index contributed by atoms with van der Waals surface area (Å²) in [7, 11) is 0. The van der Waals surface area contributed by atoms with Crippen LogP contribution in [0.3, 0.4) is 0 Å². The molecule has 0 aliphatic carbocycles. The van der Waals surface area contributed by atoms with E-state index in [2.05, 4.69) is 22.3 Å². The SMILES string of the molecule is CCn1cnc2cc(NC(=O)C3CN(C(=O)c4ccc(Cn5cccn5)cc4)CCO3)ccc21. The Hall–Kier alpha value is -3.98. The number of fused-ring (bicyclic) bond motifs is 1. The van der Waals surface area contributed by atoms with Crippen molar-refractivity contribution in [1.82, 2.24) is 24.2 Å². The molecule has 174 valence electrons. The van der Waals surface area contributed by atoms with Crippen LogP contribution >= 0.6 is 0 Å². The van der Waals surface area contributed by atoms with Crippen molar-refractivity contribution >= 4 is 28.5 Å². The summed E-state index contributed by atoms with van der Waals surface area (Å²) >= 11 is 0. The lowest BCUT2D eigenvalue weighted by Gasteiger charge is -2.32. The first kappa shape index (κ1) is 21.8. The Morgan fingerprint density at radius 2 is 2.03 bits per heavy atom. The molecule has 2 amide bonds. The highest BCUT2D eigenvalue weighted by molar-refractivity contribution is 5.98. The molecule has 1 unspecified atom stereocenters. The number of rotatable bonds is 6. The molecular formula is C25H26N6O3. The second kappa shape index (κ2) is 9.48. The van der Waals surface area contributed by atoms with Crippen LogP contribution < -0.4 is 5.32 Å². The molecule has 9 nitrogen and oxygen atoms in total. The summed E-state index contributed by atoms with van der Waals surface area (Å²) in [4.78, 5) is 32.0. The summed E-state index contributed by atoms with van der Waals surface area (Å²) in [5, 5.41) is 7.10. The lowest BCUT2D eigenvalue weighted by atomic mass is 10.1. The molecule has 4 aromatic rings. The molecule has 0 radical (unpaired) electrons. The first-order chi connectivity index (χ1) is 16.6. The van der Waals surface area contributed by atoms with Crippen molar-refractivity contribution in [3.63, 3.8) is 0 Å². The van der Waals surface area contributed by atoms with Gasteiger partial charge in [0.25, 0.3) is 11.8 Å². The van der Waals surface area contributed by atoms with E-state index in [9.17, 15) is 9.59 Å². The van der Waals surface area contributed by atoms with E-state index in [1.807, 2.05) is 64.0 Å². The standard InChI is InChI=1S/C25H26N6O3/c1-2-29-17-26-21-14-20(8-9-22(21)29)28-24(32)23-16-30(12-13-34-23)25(33)19-6-4-18(5-7-19)15-31-11-3-10-27-31/h3-11,14,17,23H,2,12-13,15-16H2,1H3,(H,28,32). The molecule has 1 N–H and O–H groups in total. The molecule has 0 bridgehead atoms. The number of nitrogens with zero attached hydrogens (tertiary/aromatic N) is 5. The van der Waals surface area contributed by atoms with Gasteiger partial charge in [-0.25, -0.2) is 4.98 Å². The van der Waals surface area contributed by atoms with E-state index in [4.69, 9.17) is 4.74 Å². The molecule has 0 saturated carbocycles.